The molecule has 2 aromatic rings. The van der Waals surface area contributed by atoms with E-state index in [4.69, 9.17) is 4.74 Å². The van der Waals surface area contributed by atoms with Gasteiger partial charge in [-0.05, 0) is 41.0 Å². The zero-order valence-electron chi connectivity index (χ0n) is 20.1. The maximum atomic E-state index is 13.1. The number of ether oxygens (including phenoxy) is 1. The topological polar surface area (TPSA) is 105 Å². The lowest BCUT2D eigenvalue weighted by Crippen LogP contribution is -2.53. The molecule has 1 unspecified atom stereocenters. The molecule has 7 nitrogen and oxygen atoms in total. The van der Waals surface area contributed by atoms with Crippen LogP contribution in [0.1, 0.15) is 50.2 Å². The first kappa shape index (κ1) is 24.5. The number of carbonyl (C=O) groups excluding carboxylic acids is 2. The quantitative estimate of drug-likeness (QED) is 0.488. The second-order valence-electron chi connectivity index (χ2n) is 9.55. The number of hydrogen-bond acceptors (Lipinski definition) is 4. The van der Waals surface area contributed by atoms with Gasteiger partial charge in [0.2, 0.25) is 5.91 Å². The Bertz CT molecular complexity index is 1100. The van der Waals surface area contributed by atoms with Gasteiger partial charge in [-0.1, -0.05) is 81.0 Å². The number of amides is 2. The summed E-state index contributed by atoms with van der Waals surface area (Å²) in [5, 5.41) is 15.0. The van der Waals surface area contributed by atoms with Crippen molar-refractivity contribution in [3.63, 3.8) is 0 Å². The van der Waals surface area contributed by atoms with E-state index in [1.165, 1.54) is 0 Å². The van der Waals surface area contributed by atoms with Crippen LogP contribution in [0.25, 0.3) is 11.1 Å². The van der Waals surface area contributed by atoms with E-state index in [2.05, 4.69) is 29.3 Å². The molecule has 1 saturated carbocycles. The van der Waals surface area contributed by atoms with Crippen LogP contribution in [0.15, 0.2) is 60.7 Å². The van der Waals surface area contributed by atoms with E-state index >= 15 is 0 Å². The fraction of sp³-hybridized carbons (Fsp3) is 0.393. The molecule has 7 heteroatoms. The Balaban J connectivity index is 1.42. The average molecular weight is 477 g/mol. The van der Waals surface area contributed by atoms with Crippen LogP contribution < -0.4 is 10.6 Å². The van der Waals surface area contributed by atoms with E-state index in [9.17, 15) is 19.5 Å². The number of fused-ring (bicyclic) bond motifs is 3. The number of aliphatic carboxylic acids is 1. The number of rotatable bonds is 8. The summed E-state index contributed by atoms with van der Waals surface area (Å²) in [6.45, 7) is 7.83. The van der Waals surface area contributed by atoms with Gasteiger partial charge in [0.1, 0.15) is 12.6 Å². The van der Waals surface area contributed by atoms with Crippen molar-refractivity contribution in [3.8, 4) is 11.1 Å². The Morgan fingerprint density at radius 3 is 2.23 bits per heavy atom. The monoisotopic (exact) mass is 476 g/mol. The van der Waals surface area contributed by atoms with Crippen LogP contribution in [0.4, 0.5) is 4.79 Å². The standard InChI is InChI=1S/C28H32N2O5/c1-4-17(3)25(26(31)29-24-14-16(2)13-22(24)27(32)33)30-28(34)35-15-23-20-11-7-5-9-18(20)19-10-6-8-12-21(19)23/h5-12,17,22-25H,2,4,13-15H2,1,3H3,(H,29,31)(H,30,34)(H,32,33)/t17?,22-,24+,25+/m1/s1. The molecule has 0 radical (unpaired) electrons. The lowest BCUT2D eigenvalue weighted by Gasteiger charge is -2.26. The van der Waals surface area contributed by atoms with Crippen molar-refractivity contribution in [3.05, 3.63) is 71.8 Å². The molecule has 0 spiro atoms. The summed E-state index contributed by atoms with van der Waals surface area (Å²) in [6.07, 6.45) is 0.745. The van der Waals surface area contributed by atoms with Crippen molar-refractivity contribution in [1.29, 1.82) is 0 Å². The van der Waals surface area contributed by atoms with Gasteiger partial charge in [0.05, 0.1) is 5.92 Å². The molecule has 2 amide bonds. The largest absolute Gasteiger partial charge is 0.481 e. The van der Waals surface area contributed by atoms with Crippen LogP contribution in [0.3, 0.4) is 0 Å². The van der Waals surface area contributed by atoms with Gasteiger partial charge < -0.3 is 20.5 Å². The lowest BCUT2D eigenvalue weighted by molar-refractivity contribution is -0.142. The maximum absolute atomic E-state index is 13.1. The predicted molar refractivity (Wildman–Crippen MR) is 133 cm³/mol. The second kappa shape index (κ2) is 10.3. The van der Waals surface area contributed by atoms with E-state index in [1.807, 2.05) is 50.2 Å². The van der Waals surface area contributed by atoms with E-state index in [-0.39, 0.29) is 18.4 Å². The van der Waals surface area contributed by atoms with Crippen molar-refractivity contribution < 1.29 is 24.2 Å². The number of carboxylic acids is 1. The van der Waals surface area contributed by atoms with E-state index in [1.54, 1.807) is 0 Å². The fourth-order valence-electron chi connectivity index (χ4n) is 5.14. The van der Waals surface area contributed by atoms with Crippen LogP contribution in [-0.2, 0) is 14.3 Å². The first-order chi connectivity index (χ1) is 16.8. The molecule has 35 heavy (non-hydrogen) atoms. The minimum atomic E-state index is -0.960. The number of nitrogens with one attached hydrogen (secondary N) is 2. The van der Waals surface area contributed by atoms with Crippen molar-refractivity contribution in [2.45, 2.75) is 51.1 Å². The van der Waals surface area contributed by atoms with Crippen molar-refractivity contribution in [1.82, 2.24) is 10.6 Å². The van der Waals surface area contributed by atoms with Gasteiger partial charge in [0.25, 0.3) is 0 Å². The summed E-state index contributed by atoms with van der Waals surface area (Å²) in [7, 11) is 0. The molecule has 184 valence electrons. The average Bonchev–Trinajstić information content (AvgIpc) is 3.38. The van der Waals surface area contributed by atoms with Gasteiger partial charge in [-0.25, -0.2) is 4.79 Å². The van der Waals surface area contributed by atoms with Crippen LogP contribution in [0, 0.1) is 11.8 Å². The third-order valence-electron chi connectivity index (χ3n) is 7.26. The van der Waals surface area contributed by atoms with Gasteiger partial charge >= 0.3 is 12.1 Å². The van der Waals surface area contributed by atoms with Gasteiger partial charge in [-0.2, -0.15) is 0 Å². The molecule has 4 atom stereocenters. The minimum absolute atomic E-state index is 0.0788. The molecule has 2 aromatic carbocycles. The number of carbonyl (C=O) groups is 3. The SMILES string of the molecule is C=C1C[C@H](NC(=O)[C@@H](NC(=O)OCC2c3ccccc3-c3ccccc32)C(C)CC)[C@H](C(=O)O)C1. The Hall–Kier alpha value is -3.61. The summed E-state index contributed by atoms with van der Waals surface area (Å²) in [5.41, 5.74) is 5.30. The van der Waals surface area contributed by atoms with Gasteiger partial charge in [-0.15, -0.1) is 0 Å². The highest BCUT2D eigenvalue weighted by Gasteiger charge is 2.38. The number of carboxylic acid groups (broad SMARTS) is 1. The maximum Gasteiger partial charge on any atom is 0.407 e. The van der Waals surface area contributed by atoms with Crippen LogP contribution in [0.2, 0.25) is 0 Å². The number of alkyl carbamates (subject to hydrolysis) is 1. The highest BCUT2D eigenvalue weighted by Crippen LogP contribution is 2.44. The van der Waals surface area contributed by atoms with Crippen LogP contribution in [0.5, 0.6) is 0 Å². The molecular formula is C28H32N2O5. The number of benzene rings is 2. The molecule has 0 aliphatic heterocycles. The summed E-state index contributed by atoms with van der Waals surface area (Å²) < 4.78 is 5.62. The third-order valence-corrected chi connectivity index (χ3v) is 7.26. The van der Waals surface area contributed by atoms with Gasteiger partial charge in [0, 0.05) is 12.0 Å². The molecule has 0 aromatic heterocycles. The molecule has 2 aliphatic carbocycles. The van der Waals surface area contributed by atoms with Gasteiger partial charge in [0.15, 0.2) is 0 Å². The van der Waals surface area contributed by atoms with E-state index in [0.29, 0.717) is 19.3 Å². The molecule has 0 saturated heterocycles. The highest BCUT2D eigenvalue weighted by molar-refractivity contribution is 5.87. The van der Waals surface area contributed by atoms with Crippen molar-refractivity contribution in [2.75, 3.05) is 6.61 Å². The minimum Gasteiger partial charge on any atom is -0.481 e. The third kappa shape index (κ3) is 5.09. The molecule has 2 aliphatic rings. The van der Waals surface area contributed by atoms with E-state index < -0.39 is 36.0 Å². The molecule has 0 heterocycles. The molecule has 0 bridgehead atoms. The zero-order chi connectivity index (χ0) is 25.1. The normalized spacial score (nSPS) is 20.5. The molecular weight excluding hydrogens is 444 g/mol. The van der Waals surface area contributed by atoms with Crippen LogP contribution >= 0.6 is 0 Å². The van der Waals surface area contributed by atoms with Gasteiger partial charge in [-0.3, -0.25) is 9.59 Å². The highest BCUT2D eigenvalue weighted by atomic mass is 16.5. The second-order valence-corrected chi connectivity index (χ2v) is 9.55. The predicted octanol–water partition coefficient (Wildman–Crippen LogP) is 4.48. The molecule has 1 fully saturated rings. The van der Waals surface area contributed by atoms with Crippen LogP contribution in [-0.4, -0.2) is 41.8 Å². The summed E-state index contributed by atoms with van der Waals surface area (Å²) in [4.78, 5) is 37.5. The molecule has 3 N–H and O–H groups in total. The Kier molecular flexibility index (Phi) is 7.24. The van der Waals surface area contributed by atoms with Crippen molar-refractivity contribution >= 4 is 18.0 Å². The summed E-state index contributed by atoms with van der Waals surface area (Å²) in [6, 6.07) is 14.8. The molecule has 4 rings (SSSR count). The smallest absolute Gasteiger partial charge is 0.407 e. The zero-order valence-corrected chi connectivity index (χ0v) is 20.1. The Morgan fingerprint density at radius 2 is 1.66 bits per heavy atom. The fourth-order valence-corrected chi connectivity index (χ4v) is 5.14. The lowest BCUT2D eigenvalue weighted by atomic mass is 9.97. The summed E-state index contributed by atoms with van der Waals surface area (Å²) in [5.74, 6) is -2.32. The van der Waals surface area contributed by atoms with E-state index in [0.717, 1.165) is 27.8 Å². The number of hydrogen-bond donors (Lipinski definition) is 3. The van der Waals surface area contributed by atoms with Crippen molar-refractivity contribution in [2.24, 2.45) is 11.8 Å². The Labute approximate surface area is 205 Å². The summed E-state index contributed by atoms with van der Waals surface area (Å²) >= 11 is 0. The first-order valence-corrected chi connectivity index (χ1v) is 12.1. The Morgan fingerprint density at radius 1 is 1.06 bits per heavy atom. The first-order valence-electron chi connectivity index (χ1n) is 12.1.